The van der Waals surface area contributed by atoms with Crippen LogP contribution in [0.25, 0.3) is 10.1 Å². The van der Waals surface area contributed by atoms with Gasteiger partial charge < -0.3 is 10.6 Å². The van der Waals surface area contributed by atoms with Crippen molar-refractivity contribution >= 4 is 33.0 Å². The number of hydrogen-bond acceptors (Lipinski definition) is 4. The summed E-state index contributed by atoms with van der Waals surface area (Å²) in [6, 6.07) is 16.6. The van der Waals surface area contributed by atoms with Gasteiger partial charge in [-0.15, -0.1) is 0 Å². The van der Waals surface area contributed by atoms with E-state index < -0.39 is 0 Å². The molecule has 1 aliphatic heterocycles. The van der Waals surface area contributed by atoms with Crippen LogP contribution in [0.2, 0.25) is 0 Å². The molecule has 3 aromatic rings. The summed E-state index contributed by atoms with van der Waals surface area (Å²) in [4.78, 5) is 0. The van der Waals surface area contributed by atoms with Crippen molar-refractivity contribution in [3.05, 3.63) is 54.2 Å². The van der Waals surface area contributed by atoms with E-state index in [1.54, 1.807) is 11.5 Å². The second-order valence-corrected chi connectivity index (χ2v) is 5.14. The van der Waals surface area contributed by atoms with Gasteiger partial charge in [-0.2, -0.15) is 4.37 Å². The van der Waals surface area contributed by atoms with E-state index in [-0.39, 0.29) is 6.17 Å². The SMILES string of the molecule is c1ccc2c(c1)NC(c1nsc3ccccc13)N2. The molecule has 1 aromatic heterocycles. The third-order valence-electron chi connectivity index (χ3n) is 3.21. The highest BCUT2D eigenvalue weighted by atomic mass is 32.1. The first-order chi connectivity index (χ1) is 8.92. The average molecular weight is 253 g/mol. The molecule has 0 aliphatic carbocycles. The molecule has 0 fully saturated rings. The highest BCUT2D eigenvalue weighted by Gasteiger charge is 2.24. The van der Waals surface area contributed by atoms with E-state index in [2.05, 4.69) is 51.4 Å². The lowest BCUT2D eigenvalue weighted by Crippen LogP contribution is -2.12. The van der Waals surface area contributed by atoms with Gasteiger partial charge >= 0.3 is 0 Å². The summed E-state index contributed by atoms with van der Waals surface area (Å²) in [5.74, 6) is 0. The molecule has 0 spiro atoms. The van der Waals surface area contributed by atoms with Gasteiger partial charge in [0.05, 0.1) is 16.1 Å². The van der Waals surface area contributed by atoms with E-state index in [9.17, 15) is 0 Å². The average Bonchev–Trinajstić information content (AvgIpc) is 3.02. The first kappa shape index (κ1) is 9.91. The van der Waals surface area contributed by atoms with Crippen molar-refractivity contribution in [2.24, 2.45) is 0 Å². The Balaban J connectivity index is 1.78. The van der Waals surface area contributed by atoms with Gasteiger partial charge in [0.1, 0.15) is 11.9 Å². The van der Waals surface area contributed by atoms with Crippen LogP contribution in [0.5, 0.6) is 0 Å². The summed E-state index contributed by atoms with van der Waals surface area (Å²) >= 11 is 1.55. The summed E-state index contributed by atoms with van der Waals surface area (Å²) in [5.41, 5.74) is 3.35. The lowest BCUT2D eigenvalue weighted by atomic mass is 10.2. The zero-order valence-electron chi connectivity index (χ0n) is 9.55. The van der Waals surface area contributed by atoms with Gasteiger partial charge in [-0.25, -0.2) is 0 Å². The second kappa shape index (κ2) is 3.71. The number of para-hydroxylation sites is 2. The monoisotopic (exact) mass is 253 g/mol. The van der Waals surface area contributed by atoms with Crippen LogP contribution in [-0.2, 0) is 0 Å². The van der Waals surface area contributed by atoms with E-state index in [0.29, 0.717) is 0 Å². The number of rotatable bonds is 1. The number of benzene rings is 2. The first-order valence-corrected chi connectivity index (χ1v) is 6.65. The maximum Gasteiger partial charge on any atom is 0.142 e. The third kappa shape index (κ3) is 1.39. The van der Waals surface area contributed by atoms with Gasteiger partial charge in [0, 0.05) is 5.39 Å². The Morgan fingerprint density at radius 2 is 1.56 bits per heavy atom. The molecular formula is C14H11N3S. The summed E-state index contributed by atoms with van der Waals surface area (Å²) in [6.45, 7) is 0. The van der Waals surface area contributed by atoms with Crippen molar-refractivity contribution < 1.29 is 0 Å². The van der Waals surface area contributed by atoms with Crippen LogP contribution in [0.1, 0.15) is 11.9 Å². The molecule has 4 rings (SSSR count). The van der Waals surface area contributed by atoms with Crippen molar-refractivity contribution in [2.75, 3.05) is 10.6 Å². The lowest BCUT2D eigenvalue weighted by molar-refractivity contribution is 0.920. The van der Waals surface area contributed by atoms with E-state index in [1.165, 1.54) is 10.1 Å². The van der Waals surface area contributed by atoms with Crippen LogP contribution in [0.15, 0.2) is 48.5 Å². The maximum absolute atomic E-state index is 4.58. The molecule has 2 heterocycles. The Kier molecular flexibility index (Phi) is 2.04. The topological polar surface area (TPSA) is 37.0 Å². The minimum atomic E-state index is 0.0681. The predicted octanol–water partition coefficient (Wildman–Crippen LogP) is 3.83. The smallest absolute Gasteiger partial charge is 0.142 e. The lowest BCUT2D eigenvalue weighted by Gasteiger charge is -2.09. The van der Waals surface area contributed by atoms with E-state index in [1.807, 2.05) is 12.1 Å². The molecule has 0 bridgehead atoms. The quantitative estimate of drug-likeness (QED) is 0.692. The molecule has 88 valence electrons. The number of nitrogens with zero attached hydrogens (tertiary/aromatic N) is 1. The summed E-state index contributed by atoms with van der Waals surface area (Å²) in [6.07, 6.45) is 0.0681. The highest BCUT2D eigenvalue weighted by Crippen LogP contribution is 2.37. The largest absolute Gasteiger partial charge is 0.359 e. The van der Waals surface area contributed by atoms with Crippen molar-refractivity contribution in [3.63, 3.8) is 0 Å². The molecule has 0 saturated heterocycles. The van der Waals surface area contributed by atoms with Crippen LogP contribution < -0.4 is 10.6 Å². The Hall–Kier alpha value is -2.07. The van der Waals surface area contributed by atoms with Crippen molar-refractivity contribution in [1.82, 2.24) is 4.37 Å². The van der Waals surface area contributed by atoms with Gasteiger partial charge in [0.2, 0.25) is 0 Å². The number of hydrogen-bond donors (Lipinski definition) is 2. The molecule has 0 radical (unpaired) electrons. The molecule has 2 aromatic carbocycles. The number of aromatic nitrogens is 1. The molecule has 0 amide bonds. The molecule has 2 N–H and O–H groups in total. The van der Waals surface area contributed by atoms with Gasteiger partial charge in [-0.1, -0.05) is 30.3 Å². The first-order valence-electron chi connectivity index (χ1n) is 5.88. The maximum atomic E-state index is 4.58. The molecule has 3 nitrogen and oxygen atoms in total. The van der Waals surface area contributed by atoms with Gasteiger partial charge in [0.25, 0.3) is 0 Å². The van der Waals surface area contributed by atoms with Gasteiger partial charge in [-0.3, -0.25) is 0 Å². The van der Waals surface area contributed by atoms with E-state index in [4.69, 9.17) is 0 Å². The fraction of sp³-hybridized carbons (Fsp3) is 0.0714. The molecule has 4 heteroatoms. The molecule has 18 heavy (non-hydrogen) atoms. The molecule has 0 saturated carbocycles. The van der Waals surface area contributed by atoms with Gasteiger partial charge in [0.15, 0.2) is 0 Å². The van der Waals surface area contributed by atoms with Crippen LogP contribution in [-0.4, -0.2) is 4.37 Å². The fourth-order valence-electron chi connectivity index (χ4n) is 2.33. The summed E-state index contributed by atoms with van der Waals surface area (Å²) in [5, 5.41) is 8.15. The van der Waals surface area contributed by atoms with Gasteiger partial charge in [-0.05, 0) is 29.7 Å². The summed E-state index contributed by atoms with van der Waals surface area (Å²) in [7, 11) is 0. The Bertz CT molecular complexity index is 695. The minimum Gasteiger partial charge on any atom is -0.359 e. The molecule has 0 unspecified atom stereocenters. The van der Waals surface area contributed by atoms with E-state index in [0.717, 1.165) is 17.1 Å². The Labute approximate surface area is 109 Å². The molecule has 0 atom stereocenters. The number of fused-ring (bicyclic) bond motifs is 2. The number of nitrogens with one attached hydrogen (secondary N) is 2. The van der Waals surface area contributed by atoms with Crippen molar-refractivity contribution in [1.29, 1.82) is 0 Å². The van der Waals surface area contributed by atoms with E-state index >= 15 is 0 Å². The number of anilines is 2. The summed E-state index contributed by atoms with van der Waals surface area (Å²) < 4.78 is 5.81. The van der Waals surface area contributed by atoms with Crippen LogP contribution >= 0.6 is 11.5 Å². The molecular weight excluding hydrogens is 242 g/mol. The van der Waals surface area contributed by atoms with Crippen molar-refractivity contribution in [2.45, 2.75) is 6.17 Å². The Morgan fingerprint density at radius 3 is 2.33 bits per heavy atom. The fourth-order valence-corrected chi connectivity index (χ4v) is 3.14. The normalized spacial score (nSPS) is 14.2. The van der Waals surface area contributed by atoms with Crippen LogP contribution in [0, 0.1) is 0 Å². The molecule has 1 aliphatic rings. The van der Waals surface area contributed by atoms with Crippen LogP contribution in [0.4, 0.5) is 11.4 Å². The predicted molar refractivity (Wildman–Crippen MR) is 76.0 cm³/mol. The zero-order chi connectivity index (χ0) is 11.9. The second-order valence-electron chi connectivity index (χ2n) is 4.33. The minimum absolute atomic E-state index is 0.0681. The highest BCUT2D eigenvalue weighted by molar-refractivity contribution is 7.13. The zero-order valence-corrected chi connectivity index (χ0v) is 10.4. The van der Waals surface area contributed by atoms with Crippen molar-refractivity contribution in [3.8, 4) is 0 Å². The van der Waals surface area contributed by atoms with Crippen LogP contribution in [0.3, 0.4) is 0 Å². The third-order valence-corrected chi connectivity index (χ3v) is 4.05. The standard InChI is InChI=1S/C14H11N3S/c1-4-8-12-9(5-1)13(17-18-12)14-15-10-6-2-3-7-11(10)16-14/h1-8,14-16H. The Morgan fingerprint density at radius 1 is 0.889 bits per heavy atom.